The first-order valence-corrected chi connectivity index (χ1v) is 13.6. The van der Waals surface area contributed by atoms with Crippen LogP contribution in [0.3, 0.4) is 0 Å². The lowest BCUT2D eigenvalue weighted by Crippen LogP contribution is -2.02. The zero-order valence-corrected chi connectivity index (χ0v) is 22.4. The number of ether oxygens (including phenoxy) is 2. The van der Waals surface area contributed by atoms with Gasteiger partial charge >= 0.3 is 0 Å². The summed E-state index contributed by atoms with van der Waals surface area (Å²) in [6.07, 6.45) is 18.4. The van der Waals surface area contributed by atoms with Crippen LogP contribution in [0, 0.1) is 7.14 Å². The average molecular weight is 614 g/mol. The Kier molecular flexibility index (Phi) is 17.0. The number of halogens is 2. The van der Waals surface area contributed by atoms with Gasteiger partial charge in [-0.2, -0.15) is 0 Å². The van der Waals surface area contributed by atoms with Crippen molar-refractivity contribution in [3.63, 3.8) is 0 Å². The van der Waals surface area contributed by atoms with Crippen LogP contribution in [0.15, 0.2) is 12.1 Å². The molecule has 162 valence electrons. The molecule has 1 aromatic carbocycles. The van der Waals surface area contributed by atoms with E-state index in [1.54, 1.807) is 0 Å². The Morgan fingerprint density at radius 2 is 0.857 bits per heavy atom. The Morgan fingerprint density at radius 3 is 1.21 bits per heavy atom. The highest BCUT2D eigenvalue weighted by molar-refractivity contribution is 14.1. The van der Waals surface area contributed by atoms with Crippen molar-refractivity contribution in [3.05, 3.63) is 19.3 Å². The smallest absolute Gasteiger partial charge is 0.133 e. The quantitative estimate of drug-likeness (QED) is 0.121. The van der Waals surface area contributed by atoms with Crippen LogP contribution in [0.4, 0.5) is 0 Å². The number of unbranched alkanes of at least 4 members (excludes halogenated alkanes) is 12. The van der Waals surface area contributed by atoms with E-state index < -0.39 is 0 Å². The van der Waals surface area contributed by atoms with E-state index in [-0.39, 0.29) is 0 Å². The van der Waals surface area contributed by atoms with Crippen LogP contribution in [0.1, 0.15) is 104 Å². The van der Waals surface area contributed by atoms with E-state index in [0.717, 1.165) is 44.7 Å². The van der Waals surface area contributed by atoms with Gasteiger partial charge in [-0.15, -0.1) is 0 Å². The molecule has 0 bridgehead atoms. The molecule has 0 atom stereocenters. The minimum absolute atomic E-state index is 0.818. The second kappa shape index (κ2) is 18.1. The van der Waals surface area contributed by atoms with Gasteiger partial charge in [-0.25, -0.2) is 0 Å². The number of hydrogen-bond acceptors (Lipinski definition) is 2. The predicted octanol–water partition coefficient (Wildman–Crippen LogP) is 9.15. The van der Waals surface area contributed by atoms with E-state index >= 15 is 0 Å². The zero-order valence-electron chi connectivity index (χ0n) is 18.0. The van der Waals surface area contributed by atoms with Crippen LogP contribution in [0.25, 0.3) is 0 Å². The lowest BCUT2D eigenvalue weighted by Gasteiger charge is -2.13. The number of rotatable bonds is 18. The summed E-state index contributed by atoms with van der Waals surface area (Å²) in [4.78, 5) is 0. The fourth-order valence-electron chi connectivity index (χ4n) is 3.21. The largest absolute Gasteiger partial charge is 0.492 e. The molecule has 0 saturated heterocycles. The van der Waals surface area contributed by atoms with E-state index in [4.69, 9.17) is 9.47 Å². The van der Waals surface area contributed by atoms with Crippen LogP contribution in [-0.2, 0) is 0 Å². The standard InChI is InChI=1S/C24H40I2O2/c1-3-5-7-9-11-13-15-17-27-23-19-22(26)24(20-21(23)25)28-18-16-14-12-10-8-6-4-2/h19-20H,3-18H2,1-2H3. The highest BCUT2D eigenvalue weighted by Gasteiger charge is 2.09. The summed E-state index contributed by atoms with van der Waals surface area (Å²) < 4.78 is 14.3. The molecule has 0 heterocycles. The van der Waals surface area contributed by atoms with Crippen molar-refractivity contribution in [2.24, 2.45) is 0 Å². The molecule has 0 radical (unpaired) electrons. The Hall–Kier alpha value is 0.280. The van der Waals surface area contributed by atoms with E-state index in [9.17, 15) is 0 Å². The second-order valence-corrected chi connectivity index (χ2v) is 9.98. The molecule has 1 rings (SSSR count). The summed E-state index contributed by atoms with van der Waals surface area (Å²) in [7, 11) is 0. The monoisotopic (exact) mass is 614 g/mol. The van der Waals surface area contributed by atoms with Crippen LogP contribution >= 0.6 is 45.2 Å². The molecule has 0 fully saturated rings. The van der Waals surface area contributed by atoms with Crippen LogP contribution in [0.5, 0.6) is 11.5 Å². The van der Waals surface area contributed by atoms with Crippen molar-refractivity contribution >= 4 is 45.2 Å². The van der Waals surface area contributed by atoms with Gasteiger partial charge in [0.1, 0.15) is 11.5 Å². The van der Waals surface area contributed by atoms with Crippen LogP contribution in [0.2, 0.25) is 0 Å². The molecule has 0 amide bonds. The summed E-state index contributed by atoms with van der Waals surface area (Å²) in [5.41, 5.74) is 0. The molecule has 28 heavy (non-hydrogen) atoms. The third kappa shape index (κ3) is 12.8. The van der Waals surface area contributed by atoms with Crippen molar-refractivity contribution in [2.45, 2.75) is 104 Å². The Labute approximate surface area is 201 Å². The fraction of sp³-hybridized carbons (Fsp3) is 0.750. The summed E-state index contributed by atoms with van der Waals surface area (Å²) in [5, 5.41) is 0. The first kappa shape index (κ1) is 26.3. The average Bonchev–Trinajstić information content (AvgIpc) is 2.69. The van der Waals surface area contributed by atoms with Crippen molar-refractivity contribution in [1.82, 2.24) is 0 Å². The third-order valence-electron chi connectivity index (χ3n) is 5.00. The minimum Gasteiger partial charge on any atom is -0.492 e. The molecule has 0 spiro atoms. The van der Waals surface area contributed by atoms with Crippen molar-refractivity contribution in [3.8, 4) is 11.5 Å². The third-order valence-corrected chi connectivity index (χ3v) is 6.68. The van der Waals surface area contributed by atoms with Gasteiger partial charge in [-0.3, -0.25) is 0 Å². The van der Waals surface area contributed by atoms with Gasteiger partial charge in [0.25, 0.3) is 0 Å². The highest BCUT2D eigenvalue weighted by atomic mass is 127. The van der Waals surface area contributed by atoms with Gasteiger partial charge < -0.3 is 9.47 Å². The van der Waals surface area contributed by atoms with E-state index in [0.29, 0.717) is 0 Å². The molecule has 0 N–H and O–H groups in total. The van der Waals surface area contributed by atoms with Crippen molar-refractivity contribution in [1.29, 1.82) is 0 Å². The molecule has 0 saturated carbocycles. The first-order valence-electron chi connectivity index (χ1n) is 11.4. The van der Waals surface area contributed by atoms with Crippen molar-refractivity contribution < 1.29 is 9.47 Å². The predicted molar refractivity (Wildman–Crippen MR) is 139 cm³/mol. The number of hydrogen-bond donors (Lipinski definition) is 0. The van der Waals surface area contributed by atoms with E-state index in [1.165, 1.54) is 77.0 Å². The Morgan fingerprint density at radius 1 is 0.536 bits per heavy atom. The van der Waals surface area contributed by atoms with Gasteiger partial charge in [0.2, 0.25) is 0 Å². The summed E-state index contributed by atoms with van der Waals surface area (Å²) >= 11 is 4.73. The summed E-state index contributed by atoms with van der Waals surface area (Å²) in [6, 6.07) is 4.26. The minimum atomic E-state index is 0.818. The van der Waals surface area contributed by atoms with E-state index in [1.807, 2.05) is 0 Å². The maximum absolute atomic E-state index is 6.02. The highest BCUT2D eigenvalue weighted by Crippen LogP contribution is 2.31. The fourth-order valence-corrected chi connectivity index (χ4v) is 4.40. The summed E-state index contributed by atoms with van der Waals surface area (Å²) in [5.74, 6) is 2.00. The van der Waals surface area contributed by atoms with Gasteiger partial charge in [0.05, 0.1) is 20.4 Å². The Bertz CT molecular complexity index is 460. The summed E-state index contributed by atoms with van der Waals surface area (Å²) in [6.45, 7) is 6.17. The SMILES string of the molecule is CCCCCCCCCOc1cc(I)c(OCCCCCCCCC)cc1I. The van der Waals surface area contributed by atoms with Gasteiger partial charge in [-0.1, -0.05) is 90.9 Å². The topological polar surface area (TPSA) is 18.5 Å². The van der Waals surface area contributed by atoms with Gasteiger partial charge in [-0.05, 0) is 70.2 Å². The molecule has 0 unspecified atom stereocenters. The maximum atomic E-state index is 6.02. The lowest BCUT2D eigenvalue weighted by atomic mass is 10.1. The molecule has 2 nitrogen and oxygen atoms in total. The normalized spacial score (nSPS) is 11.0. The molecule has 4 heteroatoms. The second-order valence-electron chi connectivity index (χ2n) is 7.65. The molecule has 0 aromatic heterocycles. The zero-order chi connectivity index (χ0) is 20.5. The molecular weight excluding hydrogens is 574 g/mol. The van der Waals surface area contributed by atoms with Gasteiger partial charge in [0.15, 0.2) is 0 Å². The Balaban J connectivity index is 2.20. The number of benzene rings is 1. The van der Waals surface area contributed by atoms with Crippen LogP contribution < -0.4 is 9.47 Å². The molecular formula is C24H40I2O2. The van der Waals surface area contributed by atoms with Gasteiger partial charge in [0, 0.05) is 0 Å². The van der Waals surface area contributed by atoms with E-state index in [2.05, 4.69) is 71.2 Å². The molecule has 0 aliphatic rings. The maximum Gasteiger partial charge on any atom is 0.133 e. The molecule has 1 aromatic rings. The molecule has 0 aliphatic carbocycles. The van der Waals surface area contributed by atoms with Crippen molar-refractivity contribution in [2.75, 3.05) is 13.2 Å². The molecule has 0 aliphatic heterocycles. The lowest BCUT2D eigenvalue weighted by molar-refractivity contribution is 0.293. The van der Waals surface area contributed by atoms with Crippen LogP contribution in [-0.4, -0.2) is 13.2 Å². The first-order chi connectivity index (χ1) is 13.7.